The molecule has 19 heavy (non-hydrogen) atoms. The van der Waals surface area contributed by atoms with Crippen LogP contribution in [0.3, 0.4) is 0 Å². The van der Waals surface area contributed by atoms with E-state index in [2.05, 4.69) is 15.3 Å². The first-order valence-corrected chi connectivity index (χ1v) is 6.89. The lowest BCUT2D eigenvalue weighted by atomic mass is 10.3. The molecule has 0 aliphatic carbocycles. The van der Waals surface area contributed by atoms with Gasteiger partial charge in [-0.05, 0) is 12.1 Å². The summed E-state index contributed by atoms with van der Waals surface area (Å²) in [6.45, 7) is 0.211. The van der Waals surface area contributed by atoms with Crippen LogP contribution in [0.2, 0.25) is 0 Å². The predicted molar refractivity (Wildman–Crippen MR) is 65.5 cm³/mol. The van der Waals surface area contributed by atoms with Gasteiger partial charge in [-0.3, -0.25) is 0 Å². The van der Waals surface area contributed by atoms with Crippen LogP contribution in [0.5, 0.6) is 0 Å². The van der Waals surface area contributed by atoms with E-state index >= 15 is 0 Å². The van der Waals surface area contributed by atoms with Crippen molar-refractivity contribution in [3.05, 3.63) is 42.5 Å². The first-order valence-electron chi connectivity index (χ1n) is 5.35. The van der Waals surface area contributed by atoms with Crippen LogP contribution in [0, 0.1) is 0 Å². The standard InChI is InChI=1S/C11H11F2N3O2S/c12-11(13)19(17,18)9-4-2-1-3-8(9)16-7-10-14-5-6-15-10/h1-6,11,16H,7H2,(H,14,15). The van der Waals surface area contributed by atoms with Crippen LogP contribution in [0.4, 0.5) is 14.5 Å². The monoisotopic (exact) mass is 287 g/mol. The van der Waals surface area contributed by atoms with Crippen molar-refractivity contribution in [2.75, 3.05) is 5.32 Å². The van der Waals surface area contributed by atoms with Gasteiger partial charge in [0.15, 0.2) is 0 Å². The number of alkyl halides is 2. The van der Waals surface area contributed by atoms with Crippen molar-refractivity contribution in [2.24, 2.45) is 0 Å². The van der Waals surface area contributed by atoms with Gasteiger partial charge in [-0.15, -0.1) is 0 Å². The van der Waals surface area contributed by atoms with Gasteiger partial charge in [0.1, 0.15) is 5.82 Å². The molecule has 0 radical (unpaired) electrons. The molecule has 0 amide bonds. The van der Waals surface area contributed by atoms with Crippen LogP contribution >= 0.6 is 0 Å². The molecule has 102 valence electrons. The number of rotatable bonds is 5. The van der Waals surface area contributed by atoms with E-state index in [1.54, 1.807) is 18.5 Å². The quantitative estimate of drug-likeness (QED) is 0.882. The number of nitrogens with zero attached hydrogens (tertiary/aromatic N) is 1. The largest absolute Gasteiger partial charge is 0.377 e. The molecule has 1 aromatic heterocycles. The number of H-pyrrole nitrogens is 1. The third-order valence-corrected chi connectivity index (χ3v) is 3.87. The lowest BCUT2D eigenvalue weighted by Gasteiger charge is -2.11. The molecule has 0 unspecified atom stereocenters. The molecule has 0 fully saturated rings. The average molecular weight is 287 g/mol. The highest BCUT2D eigenvalue weighted by Gasteiger charge is 2.28. The Labute approximate surface area is 108 Å². The van der Waals surface area contributed by atoms with Crippen molar-refractivity contribution in [2.45, 2.75) is 17.2 Å². The second-order valence-corrected chi connectivity index (χ2v) is 5.58. The minimum Gasteiger partial charge on any atom is -0.377 e. The Morgan fingerprint density at radius 2 is 2.05 bits per heavy atom. The minimum atomic E-state index is -4.63. The first-order chi connectivity index (χ1) is 9.01. The molecule has 0 aliphatic heterocycles. The van der Waals surface area contributed by atoms with Gasteiger partial charge in [0, 0.05) is 12.4 Å². The van der Waals surface area contributed by atoms with Crippen molar-refractivity contribution in [3.63, 3.8) is 0 Å². The van der Waals surface area contributed by atoms with Gasteiger partial charge >= 0.3 is 5.76 Å². The maximum Gasteiger partial charge on any atom is 0.341 e. The number of sulfone groups is 1. The van der Waals surface area contributed by atoms with Gasteiger partial charge in [-0.1, -0.05) is 12.1 Å². The van der Waals surface area contributed by atoms with E-state index < -0.39 is 20.5 Å². The molecule has 2 aromatic rings. The Kier molecular flexibility index (Phi) is 3.79. The van der Waals surface area contributed by atoms with E-state index in [-0.39, 0.29) is 12.2 Å². The molecule has 0 saturated heterocycles. The molecule has 5 nitrogen and oxygen atoms in total. The highest BCUT2D eigenvalue weighted by atomic mass is 32.2. The highest BCUT2D eigenvalue weighted by molar-refractivity contribution is 7.91. The van der Waals surface area contributed by atoms with E-state index in [1.807, 2.05) is 0 Å². The second-order valence-electron chi connectivity index (χ2n) is 3.69. The summed E-state index contributed by atoms with van der Waals surface area (Å²) in [6, 6.07) is 5.53. The van der Waals surface area contributed by atoms with E-state index in [0.717, 1.165) is 6.07 Å². The Morgan fingerprint density at radius 3 is 2.68 bits per heavy atom. The summed E-state index contributed by atoms with van der Waals surface area (Å²) in [5, 5.41) is 2.77. The number of aromatic amines is 1. The third kappa shape index (κ3) is 2.90. The number of hydrogen-bond donors (Lipinski definition) is 2. The smallest absolute Gasteiger partial charge is 0.341 e. The summed E-state index contributed by atoms with van der Waals surface area (Å²) < 4.78 is 48.1. The number of hydrogen-bond acceptors (Lipinski definition) is 4. The fourth-order valence-electron chi connectivity index (χ4n) is 1.53. The van der Waals surface area contributed by atoms with Crippen LogP contribution in [-0.4, -0.2) is 24.1 Å². The van der Waals surface area contributed by atoms with Crippen molar-refractivity contribution >= 4 is 15.5 Å². The van der Waals surface area contributed by atoms with Gasteiger partial charge < -0.3 is 10.3 Å². The highest BCUT2D eigenvalue weighted by Crippen LogP contribution is 2.26. The lowest BCUT2D eigenvalue weighted by molar-refractivity contribution is 0.235. The normalized spacial score (nSPS) is 11.7. The number of benzene rings is 1. The molecule has 0 bridgehead atoms. The summed E-state index contributed by atoms with van der Waals surface area (Å²) in [6.07, 6.45) is 3.15. The number of para-hydroxylation sites is 1. The van der Waals surface area contributed by atoms with Gasteiger partial charge in [-0.2, -0.15) is 8.78 Å². The fraction of sp³-hybridized carbons (Fsp3) is 0.182. The second kappa shape index (κ2) is 5.35. The summed E-state index contributed by atoms with van der Waals surface area (Å²) >= 11 is 0. The molecule has 0 aliphatic rings. The zero-order valence-corrected chi connectivity index (χ0v) is 10.5. The molecule has 0 spiro atoms. The molecule has 2 N–H and O–H groups in total. The molecule has 0 saturated carbocycles. The summed E-state index contributed by atoms with van der Waals surface area (Å²) in [5.74, 6) is -2.87. The zero-order chi connectivity index (χ0) is 13.9. The topological polar surface area (TPSA) is 74.8 Å². The van der Waals surface area contributed by atoms with Crippen LogP contribution in [0.15, 0.2) is 41.6 Å². The SMILES string of the molecule is O=S(=O)(c1ccccc1NCc1ncc[nH]1)C(F)F. The molecule has 0 atom stereocenters. The predicted octanol–water partition coefficient (Wildman–Crippen LogP) is 2.02. The molecule has 8 heteroatoms. The summed E-state index contributed by atoms with van der Waals surface area (Å²) in [5.41, 5.74) is 0.124. The minimum absolute atomic E-state index is 0.124. The van der Waals surface area contributed by atoms with Gasteiger partial charge in [-0.25, -0.2) is 13.4 Å². The molecular formula is C11H11F2N3O2S. The first kappa shape index (κ1) is 13.5. The maximum absolute atomic E-state index is 12.6. The Balaban J connectivity index is 2.27. The number of halogens is 2. The molecule has 2 rings (SSSR count). The van der Waals surface area contributed by atoms with Crippen molar-refractivity contribution in [1.29, 1.82) is 0 Å². The van der Waals surface area contributed by atoms with E-state index in [9.17, 15) is 17.2 Å². The van der Waals surface area contributed by atoms with E-state index in [4.69, 9.17) is 0 Å². The lowest BCUT2D eigenvalue weighted by Crippen LogP contribution is -2.14. The van der Waals surface area contributed by atoms with Crippen LogP contribution in [0.25, 0.3) is 0 Å². The molecule has 1 heterocycles. The fourth-order valence-corrected chi connectivity index (χ4v) is 2.44. The Morgan fingerprint density at radius 1 is 1.32 bits per heavy atom. The molecule has 1 aromatic carbocycles. The number of imidazole rings is 1. The van der Waals surface area contributed by atoms with Gasteiger partial charge in [0.2, 0.25) is 9.84 Å². The zero-order valence-electron chi connectivity index (χ0n) is 9.68. The maximum atomic E-state index is 12.6. The molecular weight excluding hydrogens is 276 g/mol. The van der Waals surface area contributed by atoms with Gasteiger partial charge in [0.05, 0.1) is 17.1 Å². The number of aromatic nitrogens is 2. The Hall–Kier alpha value is -1.96. The van der Waals surface area contributed by atoms with Crippen molar-refractivity contribution in [3.8, 4) is 0 Å². The van der Waals surface area contributed by atoms with Gasteiger partial charge in [0.25, 0.3) is 0 Å². The van der Waals surface area contributed by atoms with Crippen LogP contribution in [0.1, 0.15) is 5.82 Å². The van der Waals surface area contributed by atoms with Crippen LogP contribution < -0.4 is 5.32 Å². The van der Waals surface area contributed by atoms with Crippen LogP contribution in [-0.2, 0) is 16.4 Å². The van der Waals surface area contributed by atoms with Crippen molar-refractivity contribution < 1.29 is 17.2 Å². The van der Waals surface area contributed by atoms with Crippen molar-refractivity contribution in [1.82, 2.24) is 9.97 Å². The Bertz CT molecular complexity index is 642. The van der Waals surface area contributed by atoms with E-state index in [0.29, 0.717) is 5.82 Å². The third-order valence-electron chi connectivity index (χ3n) is 2.43. The number of anilines is 1. The average Bonchev–Trinajstić information content (AvgIpc) is 2.89. The van der Waals surface area contributed by atoms with E-state index in [1.165, 1.54) is 12.1 Å². The number of nitrogens with one attached hydrogen (secondary N) is 2. The summed E-state index contributed by atoms with van der Waals surface area (Å²) in [7, 11) is -4.63. The summed E-state index contributed by atoms with van der Waals surface area (Å²) in [4.78, 5) is 6.34.